The van der Waals surface area contributed by atoms with Crippen molar-refractivity contribution < 1.29 is 26.2 Å². The summed E-state index contributed by atoms with van der Waals surface area (Å²) in [7, 11) is 0. The van der Waals surface area contributed by atoms with Gasteiger partial charge in [-0.15, -0.1) is 79.5 Å². The standard InChI is InChI=1S/2C13H9.C2H5.Zr/c2*1-3-7-12-10(5-1)9-11-6-2-4-8-13(11)12;1-2;/h2*1-9H;1H2,2H3;/q3*-1;+3. The molecule has 0 N–H and O–H groups in total. The molecule has 0 unspecified atom stereocenters. The third kappa shape index (κ3) is 4.26. The molecule has 1 heteroatoms. The molecule has 6 rings (SSSR count). The summed E-state index contributed by atoms with van der Waals surface area (Å²) in [5.41, 5.74) is 0. The smallest absolute Gasteiger partial charge is 0.346 e. The molecule has 0 atom stereocenters. The van der Waals surface area contributed by atoms with E-state index in [9.17, 15) is 0 Å². The molecule has 0 nitrogen and oxygen atoms in total. The fourth-order valence-corrected chi connectivity index (χ4v) is 3.81. The van der Waals surface area contributed by atoms with Crippen LogP contribution in [0.3, 0.4) is 0 Å². The van der Waals surface area contributed by atoms with Crippen LogP contribution in [0.4, 0.5) is 0 Å². The summed E-state index contributed by atoms with van der Waals surface area (Å²) in [6, 6.07) is 38.5. The van der Waals surface area contributed by atoms with Gasteiger partial charge in [0.05, 0.1) is 0 Å². The van der Waals surface area contributed by atoms with E-state index < -0.39 is 0 Å². The molecule has 0 fully saturated rings. The predicted octanol–water partition coefficient (Wildman–Crippen LogP) is 8.26. The Labute approximate surface area is 191 Å². The average Bonchev–Trinajstić information content (AvgIpc) is 3.34. The number of rotatable bonds is 0. The second-order valence-electron chi connectivity index (χ2n) is 6.64. The van der Waals surface area contributed by atoms with Crippen LogP contribution in [0.1, 0.15) is 6.92 Å². The van der Waals surface area contributed by atoms with Gasteiger partial charge in [0.1, 0.15) is 0 Å². The molecule has 0 amide bonds. The average molecular weight is 451 g/mol. The third-order valence-electron chi connectivity index (χ3n) is 5.05. The van der Waals surface area contributed by atoms with Gasteiger partial charge in [-0.25, -0.2) is 0 Å². The molecule has 6 aromatic rings. The van der Waals surface area contributed by atoms with E-state index >= 15 is 0 Å². The molecular weight excluding hydrogens is 428 g/mol. The zero-order chi connectivity index (χ0) is 19.3. The molecule has 29 heavy (non-hydrogen) atoms. The van der Waals surface area contributed by atoms with E-state index in [2.05, 4.69) is 116 Å². The summed E-state index contributed by atoms with van der Waals surface area (Å²) in [6.45, 7) is 5.00. The largest absolute Gasteiger partial charge is 3.00 e. The fraction of sp³-hybridized carbons (Fsp3) is 0.0357. The van der Waals surface area contributed by atoms with Crippen molar-refractivity contribution in [1.29, 1.82) is 0 Å². The summed E-state index contributed by atoms with van der Waals surface area (Å²) in [5, 5.41) is 10.8. The van der Waals surface area contributed by atoms with Gasteiger partial charge in [-0.3, -0.25) is 0 Å². The zero-order valence-corrected chi connectivity index (χ0v) is 19.1. The molecule has 0 heterocycles. The van der Waals surface area contributed by atoms with Crippen LogP contribution in [0.25, 0.3) is 43.1 Å². The van der Waals surface area contributed by atoms with E-state index in [1.807, 2.05) is 0 Å². The Bertz CT molecular complexity index is 1130. The van der Waals surface area contributed by atoms with Crippen molar-refractivity contribution in [3.8, 4) is 0 Å². The van der Waals surface area contributed by atoms with Crippen LogP contribution in [-0.4, -0.2) is 0 Å². The van der Waals surface area contributed by atoms with Crippen LogP contribution < -0.4 is 0 Å². The molecule has 0 aliphatic rings. The second kappa shape index (κ2) is 9.81. The van der Waals surface area contributed by atoms with Crippen LogP contribution in [0.15, 0.2) is 109 Å². The van der Waals surface area contributed by atoms with Crippen molar-refractivity contribution in [2.24, 2.45) is 0 Å². The van der Waals surface area contributed by atoms with Gasteiger partial charge in [0.2, 0.25) is 0 Å². The van der Waals surface area contributed by atoms with Crippen molar-refractivity contribution >= 4 is 43.1 Å². The van der Waals surface area contributed by atoms with Crippen LogP contribution in [0.5, 0.6) is 0 Å². The van der Waals surface area contributed by atoms with Crippen LogP contribution in [0, 0.1) is 6.92 Å². The van der Waals surface area contributed by atoms with Gasteiger partial charge in [0.15, 0.2) is 0 Å². The summed E-state index contributed by atoms with van der Waals surface area (Å²) in [5.74, 6) is 0. The molecule has 0 bridgehead atoms. The number of fused-ring (bicyclic) bond motifs is 6. The first-order chi connectivity index (χ1) is 13.9. The quantitative estimate of drug-likeness (QED) is 0.204. The maximum Gasteiger partial charge on any atom is 3.00 e. The van der Waals surface area contributed by atoms with Gasteiger partial charge < -0.3 is 6.92 Å². The van der Waals surface area contributed by atoms with Crippen LogP contribution >= 0.6 is 0 Å². The van der Waals surface area contributed by atoms with Gasteiger partial charge in [0.25, 0.3) is 0 Å². The van der Waals surface area contributed by atoms with Crippen molar-refractivity contribution in [1.82, 2.24) is 0 Å². The molecular formula is C28H23Zr. The van der Waals surface area contributed by atoms with Gasteiger partial charge in [-0.05, 0) is 0 Å². The third-order valence-corrected chi connectivity index (χ3v) is 5.05. The van der Waals surface area contributed by atoms with E-state index in [4.69, 9.17) is 0 Å². The van der Waals surface area contributed by atoms with E-state index in [-0.39, 0.29) is 26.2 Å². The van der Waals surface area contributed by atoms with Crippen LogP contribution in [0.2, 0.25) is 0 Å². The first kappa shape index (κ1) is 21.2. The summed E-state index contributed by atoms with van der Waals surface area (Å²) in [6.07, 6.45) is 0. The minimum Gasteiger partial charge on any atom is -0.346 e. The first-order valence-electron chi connectivity index (χ1n) is 9.67. The predicted molar refractivity (Wildman–Crippen MR) is 125 cm³/mol. The number of hydrogen-bond acceptors (Lipinski definition) is 0. The number of benzene rings is 4. The van der Waals surface area contributed by atoms with Gasteiger partial charge in [-0.1, -0.05) is 72.8 Å². The summed E-state index contributed by atoms with van der Waals surface area (Å²) >= 11 is 0. The van der Waals surface area contributed by atoms with Crippen molar-refractivity contribution in [3.05, 3.63) is 116 Å². The van der Waals surface area contributed by atoms with Crippen molar-refractivity contribution in [2.75, 3.05) is 0 Å². The molecule has 0 spiro atoms. The van der Waals surface area contributed by atoms with Gasteiger partial charge >= 0.3 is 26.2 Å². The molecule has 0 aliphatic carbocycles. The second-order valence-corrected chi connectivity index (χ2v) is 6.64. The van der Waals surface area contributed by atoms with E-state index in [1.165, 1.54) is 43.1 Å². The fourth-order valence-electron chi connectivity index (χ4n) is 3.81. The van der Waals surface area contributed by atoms with Crippen molar-refractivity contribution in [3.63, 3.8) is 0 Å². The maximum atomic E-state index is 3.25. The van der Waals surface area contributed by atoms with E-state index in [0.717, 1.165) is 0 Å². The summed E-state index contributed by atoms with van der Waals surface area (Å²) < 4.78 is 0. The Morgan fingerprint density at radius 2 is 0.621 bits per heavy atom. The monoisotopic (exact) mass is 449 g/mol. The molecule has 0 aliphatic heterocycles. The maximum absolute atomic E-state index is 3.25. The van der Waals surface area contributed by atoms with Crippen LogP contribution in [-0.2, 0) is 26.2 Å². The minimum atomic E-state index is 0. The summed E-state index contributed by atoms with van der Waals surface area (Å²) in [4.78, 5) is 0. The Morgan fingerprint density at radius 1 is 0.414 bits per heavy atom. The molecule has 0 saturated carbocycles. The zero-order valence-electron chi connectivity index (χ0n) is 16.6. The SMILES string of the molecule is [CH2-]C.[Zr+3].c1ccc2c(c1)[cH-]c1ccccc12.c1ccc2c(c1)[cH-]c1ccccc12. The van der Waals surface area contributed by atoms with Gasteiger partial charge in [0, 0.05) is 0 Å². The molecule has 1 radical (unpaired) electrons. The first-order valence-corrected chi connectivity index (χ1v) is 9.67. The Morgan fingerprint density at radius 3 is 0.862 bits per heavy atom. The van der Waals surface area contributed by atoms with Gasteiger partial charge in [-0.2, -0.15) is 6.92 Å². The normalized spacial score (nSPS) is 10.1. The Balaban J connectivity index is 0.000000148. The molecule has 6 aromatic carbocycles. The Kier molecular flexibility index (Phi) is 7.18. The molecule has 139 valence electrons. The topological polar surface area (TPSA) is 0 Å². The number of hydrogen-bond donors (Lipinski definition) is 0. The Hall–Kier alpha value is -2.50. The van der Waals surface area contributed by atoms with E-state index in [0.29, 0.717) is 0 Å². The minimum absolute atomic E-state index is 0. The van der Waals surface area contributed by atoms with Crippen molar-refractivity contribution in [2.45, 2.75) is 6.92 Å². The molecule has 0 aromatic heterocycles. The molecule has 0 saturated heterocycles. The van der Waals surface area contributed by atoms with E-state index in [1.54, 1.807) is 6.92 Å².